The van der Waals surface area contributed by atoms with Crippen LogP contribution < -0.4 is 0 Å². The maximum absolute atomic E-state index is 11.5. The molecule has 0 aliphatic rings. The highest BCUT2D eigenvalue weighted by molar-refractivity contribution is 6.34. The average molecular weight is 261 g/mol. The highest BCUT2D eigenvalue weighted by Crippen LogP contribution is 2.29. The molecule has 1 rings (SSSR count). The number of ether oxygens (including phenoxy) is 1. The largest absolute Gasteiger partial charge is 0.468 e. The number of hydrogen-bond acceptors (Lipinski definition) is 3. The molecule has 0 aliphatic heterocycles. The van der Waals surface area contributed by atoms with Crippen LogP contribution in [0.25, 0.3) is 0 Å². The summed E-state index contributed by atoms with van der Waals surface area (Å²) in [5, 5.41) is 0.726. The van der Waals surface area contributed by atoms with Gasteiger partial charge in [0.15, 0.2) is 0 Å². The summed E-state index contributed by atoms with van der Waals surface area (Å²) in [5.74, 6) is -2.00. The molecule has 0 spiro atoms. The summed E-state index contributed by atoms with van der Waals surface area (Å²) < 4.78 is 4.56. The SMILES string of the molecule is COC(=O)C(C(C)=O)c1cc(Cl)ccc1Cl. The summed E-state index contributed by atoms with van der Waals surface area (Å²) in [6, 6.07) is 4.62. The van der Waals surface area contributed by atoms with Gasteiger partial charge in [-0.05, 0) is 30.7 Å². The molecule has 0 heterocycles. The Morgan fingerprint density at radius 3 is 2.44 bits per heavy atom. The van der Waals surface area contributed by atoms with Gasteiger partial charge in [-0.1, -0.05) is 23.2 Å². The molecule has 0 aliphatic carbocycles. The van der Waals surface area contributed by atoms with Gasteiger partial charge in [-0.2, -0.15) is 0 Å². The molecule has 1 unspecified atom stereocenters. The molecule has 0 saturated carbocycles. The van der Waals surface area contributed by atoms with E-state index in [2.05, 4.69) is 4.74 Å². The lowest BCUT2D eigenvalue weighted by molar-refractivity contribution is -0.145. The maximum atomic E-state index is 11.5. The molecular weight excluding hydrogens is 251 g/mol. The number of hydrogen-bond donors (Lipinski definition) is 0. The number of Topliss-reactive ketones (excluding diaryl/α,β-unsaturated/α-hetero) is 1. The van der Waals surface area contributed by atoms with Crippen LogP contribution in [-0.4, -0.2) is 18.9 Å². The molecule has 1 aromatic rings. The minimum absolute atomic E-state index is 0.315. The second kappa shape index (κ2) is 5.32. The molecule has 0 N–H and O–H groups in total. The summed E-state index contributed by atoms with van der Waals surface area (Å²) in [5.41, 5.74) is 0.369. The number of methoxy groups -OCH3 is 1. The van der Waals surface area contributed by atoms with Crippen LogP contribution in [0.3, 0.4) is 0 Å². The average Bonchev–Trinajstić information content (AvgIpc) is 2.22. The van der Waals surface area contributed by atoms with Crippen LogP contribution >= 0.6 is 23.2 Å². The molecule has 1 aromatic carbocycles. The number of carbonyl (C=O) groups is 2. The number of esters is 1. The van der Waals surface area contributed by atoms with E-state index >= 15 is 0 Å². The van der Waals surface area contributed by atoms with Gasteiger partial charge in [0.2, 0.25) is 0 Å². The van der Waals surface area contributed by atoms with Gasteiger partial charge < -0.3 is 4.74 Å². The maximum Gasteiger partial charge on any atom is 0.320 e. The number of rotatable bonds is 3. The first-order chi connectivity index (χ1) is 7.47. The molecule has 1 atom stereocenters. The van der Waals surface area contributed by atoms with Crippen LogP contribution in [0.2, 0.25) is 10.0 Å². The van der Waals surface area contributed by atoms with Crippen molar-refractivity contribution in [2.45, 2.75) is 12.8 Å². The van der Waals surface area contributed by atoms with E-state index in [0.29, 0.717) is 15.6 Å². The molecule has 86 valence electrons. The molecule has 0 radical (unpaired) electrons. The first-order valence-corrected chi connectivity index (χ1v) is 5.26. The predicted octanol–water partition coefficient (Wildman–Crippen LogP) is 2.84. The fraction of sp³-hybridized carbons (Fsp3) is 0.273. The topological polar surface area (TPSA) is 43.4 Å². The van der Waals surface area contributed by atoms with E-state index in [-0.39, 0.29) is 5.78 Å². The first kappa shape index (κ1) is 13.0. The van der Waals surface area contributed by atoms with Gasteiger partial charge in [0.25, 0.3) is 0 Å². The van der Waals surface area contributed by atoms with Crippen LogP contribution in [0.15, 0.2) is 18.2 Å². The summed E-state index contributed by atoms with van der Waals surface area (Å²) in [6.07, 6.45) is 0. The van der Waals surface area contributed by atoms with Crippen molar-refractivity contribution in [1.82, 2.24) is 0 Å². The van der Waals surface area contributed by atoms with Gasteiger partial charge in [-0.3, -0.25) is 9.59 Å². The van der Waals surface area contributed by atoms with Gasteiger partial charge >= 0.3 is 5.97 Å². The zero-order chi connectivity index (χ0) is 12.3. The third kappa shape index (κ3) is 2.74. The van der Waals surface area contributed by atoms with Gasteiger partial charge in [-0.25, -0.2) is 0 Å². The molecule has 5 heteroatoms. The van der Waals surface area contributed by atoms with E-state index in [1.165, 1.54) is 26.2 Å². The van der Waals surface area contributed by atoms with Crippen molar-refractivity contribution in [3.63, 3.8) is 0 Å². The van der Waals surface area contributed by atoms with Crippen LogP contribution in [0.5, 0.6) is 0 Å². The molecule has 16 heavy (non-hydrogen) atoms. The van der Waals surface area contributed by atoms with Gasteiger partial charge in [0, 0.05) is 10.0 Å². The number of halogens is 2. The van der Waals surface area contributed by atoms with Crippen LogP contribution in [0.4, 0.5) is 0 Å². The van der Waals surface area contributed by atoms with Crippen molar-refractivity contribution in [3.8, 4) is 0 Å². The van der Waals surface area contributed by atoms with Crippen molar-refractivity contribution < 1.29 is 14.3 Å². The van der Waals surface area contributed by atoms with Crippen molar-refractivity contribution >= 4 is 35.0 Å². The smallest absolute Gasteiger partial charge is 0.320 e. The minimum Gasteiger partial charge on any atom is -0.468 e. The fourth-order valence-electron chi connectivity index (χ4n) is 1.37. The third-order valence-corrected chi connectivity index (χ3v) is 2.69. The highest BCUT2D eigenvalue weighted by Gasteiger charge is 2.28. The normalized spacial score (nSPS) is 12.0. The molecule has 0 amide bonds. The molecule has 0 saturated heterocycles. The van der Waals surface area contributed by atoms with E-state index in [0.717, 1.165) is 0 Å². The number of carbonyl (C=O) groups excluding carboxylic acids is 2. The Balaban J connectivity index is 3.25. The number of ketones is 1. The Morgan fingerprint density at radius 2 is 1.94 bits per heavy atom. The van der Waals surface area contributed by atoms with E-state index < -0.39 is 11.9 Å². The second-order valence-corrected chi connectivity index (χ2v) is 4.08. The summed E-state index contributed by atoms with van der Waals surface area (Å²) >= 11 is 11.7. The monoisotopic (exact) mass is 260 g/mol. The van der Waals surface area contributed by atoms with E-state index in [9.17, 15) is 9.59 Å². The minimum atomic E-state index is -1.02. The molecule has 0 fully saturated rings. The lowest BCUT2D eigenvalue weighted by Crippen LogP contribution is -2.21. The standard InChI is InChI=1S/C11H10Cl2O3/c1-6(14)10(11(15)16-2)8-5-7(12)3-4-9(8)13/h3-5,10H,1-2H3. The van der Waals surface area contributed by atoms with Crippen LogP contribution in [0, 0.1) is 0 Å². The highest BCUT2D eigenvalue weighted by atomic mass is 35.5. The summed E-state index contributed by atoms with van der Waals surface area (Å²) in [7, 11) is 1.22. The quantitative estimate of drug-likeness (QED) is 0.620. The fourth-order valence-corrected chi connectivity index (χ4v) is 1.77. The van der Waals surface area contributed by atoms with Gasteiger partial charge in [0.1, 0.15) is 11.7 Å². The van der Waals surface area contributed by atoms with E-state index in [1.54, 1.807) is 6.07 Å². The number of benzene rings is 1. The van der Waals surface area contributed by atoms with Crippen molar-refractivity contribution in [2.75, 3.05) is 7.11 Å². The molecule has 0 aromatic heterocycles. The Labute approximate surface area is 103 Å². The Morgan fingerprint density at radius 1 is 1.31 bits per heavy atom. The van der Waals surface area contributed by atoms with Crippen molar-refractivity contribution in [1.29, 1.82) is 0 Å². The second-order valence-electron chi connectivity index (χ2n) is 3.23. The van der Waals surface area contributed by atoms with Crippen molar-refractivity contribution in [3.05, 3.63) is 33.8 Å². The Bertz CT molecular complexity index is 429. The summed E-state index contributed by atoms with van der Waals surface area (Å²) in [6.45, 7) is 1.30. The predicted molar refractivity (Wildman–Crippen MR) is 61.9 cm³/mol. The zero-order valence-corrected chi connectivity index (χ0v) is 10.3. The van der Waals surface area contributed by atoms with Gasteiger partial charge in [0.05, 0.1) is 7.11 Å². The van der Waals surface area contributed by atoms with E-state index in [1.807, 2.05) is 0 Å². The summed E-state index contributed by atoms with van der Waals surface area (Å²) in [4.78, 5) is 22.9. The van der Waals surface area contributed by atoms with Gasteiger partial charge in [-0.15, -0.1) is 0 Å². The molecule has 3 nitrogen and oxygen atoms in total. The zero-order valence-electron chi connectivity index (χ0n) is 8.79. The van der Waals surface area contributed by atoms with Crippen LogP contribution in [0.1, 0.15) is 18.4 Å². The van der Waals surface area contributed by atoms with E-state index in [4.69, 9.17) is 23.2 Å². The Kier molecular flexibility index (Phi) is 4.33. The molecular formula is C11H10Cl2O3. The third-order valence-electron chi connectivity index (χ3n) is 2.11. The van der Waals surface area contributed by atoms with Crippen LogP contribution in [-0.2, 0) is 14.3 Å². The Hall–Kier alpha value is -1.06. The first-order valence-electron chi connectivity index (χ1n) is 4.50. The lowest BCUT2D eigenvalue weighted by atomic mass is 9.95. The lowest BCUT2D eigenvalue weighted by Gasteiger charge is -2.13. The molecule has 0 bridgehead atoms. The van der Waals surface area contributed by atoms with Crippen molar-refractivity contribution in [2.24, 2.45) is 0 Å².